The highest BCUT2D eigenvalue weighted by molar-refractivity contribution is 7.80. The summed E-state index contributed by atoms with van der Waals surface area (Å²) in [5.74, 6) is 0. The molecule has 0 saturated carbocycles. The Morgan fingerprint density at radius 3 is 2.68 bits per heavy atom. The van der Waals surface area contributed by atoms with Gasteiger partial charge < -0.3 is 15.1 Å². The van der Waals surface area contributed by atoms with Gasteiger partial charge in [-0.05, 0) is 37.3 Å². The molecule has 0 spiro atoms. The summed E-state index contributed by atoms with van der Waals surface area (Å²) in [5.41, 5.74) is 8.11. The molecule has 2 N–H and O–H groups in total. The average molecular weight is 415 g/mol. The summed E-state index contributed by atoms with van der Waals surface area (Å²) in [6.07, 6.45) is 2.48. The fourth-order valence-electron chi connectivity index (χ4n) is 3.47. The summed E-state index contributed by atoms with van der Waals surface area (Å²) < 4.78 is 0. The van der Waals surface area contributed by atoms with Gasteiger partial charge in [-0.3, -0.25) is 10.4 Å². The van der Waals surface area contributed by atoms with Gasteiger partial charge in [0.1, 0.15) is 5.69 Å². The molecule has 0 radical (unpaired) electrons. The first-order valence-electron chi connectivity index (χ1n) is 9.43. The number of pyridine rings is 1. The van der Waals surface area contributed by atoms with E-state index >= 15 is 0 Å². The molecule has 0 unspecified atom stereocenters. The van der Waals surface area contributed by atoms with Gasteiger partial charge in [-0.2, -0.15) is 5.10 Å². The van der Waals surface area contributed by atoms with Crippen molar-refractivity contribution in [1.82, 2.24) is 15.3 Å². The molecule has 2 aromatic rings. The van der Waals surface area contributed by atoms with Crippen molar-refractivity contribution in [3.05, 3.63) is 52.8 Å². The lowest BCUT2D eigenvalue weighted by molar-refractivity contribution is 0.381. The highest BCUT2D eigenvalue weighted by Gasteiger charge is 2.21. The van der Waals surface area contributed by atoms with Crippen molar-refractivity contribution in [2.45, 2.75) is 13.3 Å². The van der Waals surface area contributed by atoms with Gasteiger partial charge in [-0.25, -0.2) is 0 Å². The van der Waals surface area contributed by atoms with Gasteiger partial charge in [0.15, 0.2) is 5.11 Å². The Morgan fingerprint density at radius 2 is 1.93 bits per heavy atom. The van der Waals surface area contributed by atoms with Gasteiger partial charge in [-0.1, -0.05) is 29.3 Å². The number of aryl methyl sites for hydroxylation is 1. The average Bonchev–Trinajstić information content (AvgIpc) is 2.73. The van der Waals surface area contributed by atoms with Crippen LogP contribution in [0.4, 0.5) is 11.4 Å². The standard InChI is InChI=1S/C20H23ClN6S/c1-14-2-4-15(5-3-14)26-10-12-27(13-11-26)20(28)25-24-17-7-9-22-18-16(21)6-8-23-19(17)18/h2-6,8,22H,7,9-13H2,1H3,(H,25,28)/b24-17-. The predicted octanol–water partition coefficient (Wildman–Crippen LogP) is 3.26. The largest absolute Gasteiger partial charge is 0.382 e. The molecule has 146 valence electrons. The number of hydrazone groups is 1. The quantitative estimate of drug-likeness (QED) is 0.581. The Kier molecular flexibility index (Phi) is 5.64. The van der Waals surface area contributed by atoms with E-state index in [4.69, 9.17) is 23.8 Å². The molecule has 28 heavy (non-hydrogen) atoms. The lowest BCUT2D eigenvalue weighted by atomic mass is 10.1. The minimum Gasteiger partial charge on any atom is -0.382 e. The number of piperazine rings is 1. The number of rotatable bonds is 2. The second-order valence-electron chi connectivity index (χ2n) is 6.98. The minimum absolute atomic E-state index is 0.651. The van der Waals surface area contributed by atoms with Crippen molar-refractivity contribution < 1.29 is 0 Å². The molecular formula is C20H23ClN6S. The molecule has 0 atom stereocenters. The first-order valence-corrected chi connectivity index (χ1v) is 10.2. The van der Waals surface area contributed by atoms with Gasteiger partial charge >= 0.3 is 0 Å². The van der Waals surface area contributed by atoms with Gasteiger partial charge in [0.25, 0.3) is 0 Å². The number of nitrogens with zero attached hydrogens (tertiary/aromatic N) is 4. The van der Waals surface area contributed by atoms with Gasteiger partial charge in [0, 0.05) is 51.0 Å². The van der Waals surface area contributed by atoms with E-state index in [0.717, 1.165) is 56.2 Å². The number of halogens is 1. The Labute approximate surface area is 175 Å². The Balaban J connectivity index is 1.36. The summed E-state index contributed by atoms with van der Waals surface area (Å²) >= 11 is 11.8. The van der Waals surface area contributed by atoms with Crippen molar-refractivity contribution in [2.75, 3.05) is 42.9 Å². The zero-order valence-electron chi connectivity index (χ0n) is 15.8. The molecule has 3 heterocycles. The topological polar surface area (TPSA) is 55.8 Å². The van der Waals surface area contributed by atoms with Crippen LogP contribution in [0.3, 0.4) is 0 Å². The van der Waals surface area contributed by atoms with Crippen LogP contribution in [-0.4, -0.2) is 53.4 Å². The van der Waals surface area contributed by atoms with Crippen molar-refractivity contribution in [2.24, 2.45) is 5.10 Å². The molecule has 8 heteroatoms. The smallest absolute Gasteiger partial charge is 0.189 e. The van der Waals surface area contributed by atoms with E-state index in [1.165, 1.54) is 11.3 Å². The van der Waals surface area contributed by atoms with Crippen LogP contribution in [0.2, 0.25) is 5.02 Å². The molecule has 0 amide bonds. The number of nitrogens with one attached hydrogen (secondary N) is 2. The Bertz CT molecular complexity index is 890. The van der Waals surface area contributed by atoms with Gasteiger partial charge in [-0.15, -0.1) is 0 Å². The zero-order chi connectivity index (χ0) is 19.5. The fraction of sp³-hybridized carbons (Fsp3) is 0.350. The maximum Gasteiger partial charge on any atom is 0.189 e. The van der Waals surface area contributed by atoms with Crippen molar-refractivity contribution in [3.8, 4) is 0 Å². The van der Waals surface area contributed by atoms with Gasteiger partial charge in [0.2, 0.25) is 0 Å². The summed E-state index contributed by atoms with van der Waals surface area (Å²) in [4.78, 5) is 8.97. The van der Waals surface area contributed by atoms with E-state index in [1.54, 1.807) is 12.3 Å². The first kappa shape index (κ1) is 19.0. The summed E-state index contributed by atoms with van der Waals surface area (Å²) in [5, 5.41) is 9.13. The van der Waals surface area contributed by atoms with E-state index < -0.39 is 0 Å². The summed E-state index contributed by atoms with van der Waals surface area (Å²) in [6.45, 7) is 6.49. The van der Waals surface area contributed by atoms with Crippen molar-refractivity contribution >= 4 is 46.0 Å². The molecule has 1 aromatic carbocycles. The molecule has 2 aliphatic rings. The van der Waals surface area contributed by atoms with Gasteiger partial charge in [0.05, 0.1) is 16.4 Å². The fourth-order valence-corrected chi connectivity index (χ4v) is 3.91. The lowest BCUT2D eigenvalue weighted by Crippen LogP contribution is -2.51. The SMILES string of the molecule is Cc1ccc(N2CCN(C(=S)N/N=C3/CCNc4c(Cl)ccnc43)CC2)cc1. The van der Waals surface area contributed by atoms with Crippen molar-refractivity contribution in [1.29, 1.82) is 0 Å². The number of fused-ring (bicyclic) bond motifs is 1. The maximum absolute atomic E-state index is 6.25. The maximum atomic E-state index is 6.25. The molecule has 2 aliphatic heterocycles. The zero-order valence-corrected chi connectivity index (χ0v) is 17.4. The molecule has 1 fully saturated rings. The third kappa shape index (κ3) is 4.05. The van der Waals surface area contributed by atoms with E-state index in [1.807, 2.05) is 0 Å². The summed E-state index contributed by atoms with van der Waals surface area (Å²) in [7, 11) is 0. The number of anilines is 2. The molecule has 4 rings (SSSR count). The van der Waals surface area contributed by atoms with E-state index in [-0.39, 0.29) is 0 Å². The van der Waals surface area contributed by atoms with Crippen LogP contribution in [0.25, 0.3) is 0 Å². The van der Waals surface area contributed by atoms with Crippen LogP contribution in [0.5, 0.6) is 0 Å². The second-order valence-corrected chi connectivity index (χ2v) is 7.77. The lowest BCUT2D eigenvalue weighted by Gasteiger charge is -2.37. The Morgan fingerprint density at radius 1 is 1.18 bits per heavy atom. The van der Waals surface area contributed by atoms with Crippen molar-refractivity contribution in [3.63, 3.8) is 0 Å². The molecular weight excluding hydrogens is 392 g/mol. The second kappa shape index (κ2) is 8.32. The first-order chi connectivity index (χ1) is 13.6. The van der Waals surface area contributed by atoms with E-state index in [2.05, 4.69) is 61.8 Å². The molecule has 0 bridgehead atoms. The van der Waals surface area contributed by atoms with Crippen LogP contribution >= 0.6 is 23.8 Å². The highest BCUT2D eigenvalue weighted by Crippen LogP contribution is 2.28. The number of benzene rings is 1. The number of aromatic nitrogens is 1. The number of thiocarbonyl (C=S) groups is 1. The number of hydrogen-bond acceptors (Lipinski definition) is 5. The molecule has 6 nitrogen and oxygen atoms in total. The molecule has 0 aliphatic carbocycles. The monoisotopic (exact) mass is 414 g/mol. The van der Waals surface area contributed by atoms with Crippen LogP contribution in [0.15, 0.2) is 41.6 Å². The summed E-state index contributed by atoms with van der Waals surface area (Å²) in [6, 6.07) is 10.4. The highest BCUT2D eigenvalue weighted by atomic mass is 35.5. The normalized spacial score (nSPS) is 17.9. The third-order valence-electron chi connectivity index (χ3n) is 5.09. The Hall–Kier alpha value is -2.38. The van der Waals surface area contributed by atoms with E-state index in [9.17, 15) is 0 Å². The number of hydrogen-bond donors (Lipinski definition) is 2. The molecule has 1 aromatic heterocycles. The van der Waals surface area contributed by atoms with E-state index in [0.29, 0.717) is 10.1 Å². The molecule has 1 saturated heterocycles. The predicted molar refractivity (Wildman–Crippen MR) is 120 cm³/mol. The van der Waals surface area contributed by atoms with Crippen LogP contribution in [0.1, 0.15) is 17.7 Å². The van der Waals surface area contributed by atoms with Crippen LogP contribution in [-0.2, 0) is 0 Å². The van der Waals surface area contributed by atoms with Crippen LogP contribution < -0.4 is 15.6 Å². The third-order valence-corrected chi connectivity index (χ3v) is 5.75. The minimum atomic E-state index is 0.651. The van der Waals surface area contributed by atoms with Crippen LogP contribution in [0, 0.1) is 6.92 Å².